The molecule has 0 unspecified atom stereocenters. The van der Waals surface area contributed by atoms with Gasteiger partial charge in [0, 0.05) is 88.3 Å². The number of nitrogens with two attached hydrogens (primary N) is 1. The van der Waals surface area contributed by atoms with Crippen LogP contribution in [0.15, 0.2) is 140 Å². The molecule has 0 saturated carbocycles. The van der Waals surface area contributed by atoms with Gasteiger partial charge in [-0.15, -0.1) is 0 Å². The van der Waals surface area contributed by atoms with Crippen molar-refractivity contribution in [1.29, 1.82) is 0 Å². The minimum atomic E-state index is -1.86. The van der Waals surface area contributed by atoms with Crippen molar-refractivity contribution in [2.24, 2.45) is 17.6 Å². The van der Waals surface area contributed by atoms with Gasteiger partial charge in [0.05, 0.1) is 31.2 Å². The van der Waals surface area contributed by atoms with E-state index in [0.717, 1.165) is 15.7 Å². The summed E-state index contributed by atoms with van der Waals surface area (Å²) in [7, 11) is 1.23. The van der Waals surface area contributed by atoms with Gasteiger partial charge in [-0.1, -0.05) is 112 Å². The molecule has 2 aliphatic rings. The number of aliphatic hydroxyl groups is 1. The monoisotopic (exact) mass is 1650 g/mol. The van der Waals surface area contributed by atoms with Crippen LogP contribution in [0, 0.1) is 11.8 Å². The Hall–Kier alpha value is -11.5. The average Bonchev–Trinajstić information content (AvgIpc) is 1.44. The largest absolute Gasteiger partial charge is 0.508 e. The zero-order chi connectivity index (χ0) is 85.4. The van der Waals surface area contributed by atoms with Crippen LogP contribution in [0.25, 0.3) is 10.8 Å². The van der Waals surface area contributed by atoms with Crippen LogP contribution in [-0.2, 0) is 88.0 Å². The Bertz CT molecular complexity index is 4390. The third kappa shape index (κ3) is 29.0. The maximum atomic E-state index is 15.4. The first kappa shape index (κ1) is 92.0. The Morgan fingerprint density at radius 1 is 0.568 bits per heavy atom. The highest BCUT2D eigenvalue weighted by Crippen LogP contribution is 2.24. The number of carbonyl (C=O) groups is 13. The second kappa shape index (κ2) is 46.5. The predicted octanol–water partition coefficient (Wildman–Crippen LogP) is 2.42. The number of ether oxygens (including phenoxy) is 1. The number of unbranched alkanes of at least 4 members (excludes halogenated alkanes) is 2. The summed E-state index contributed by atoms with van der Waals surface area (Å²) in [5, 5.41) is 54.5. The third-order valence-electron chi connectivity index (χ3n) is 20.5. The van der Waals surface area contributed by atoms with Crippen molar-refractivity contribution in [2.75, 3.05) is 53.0 Å². The van der Waals surface area contributed by atoms with E-state index in [1.807, 2.05) is 64.1 Å². The number of phenols is 1. The number of nitrogens with zero attached hydrogens (tertiary/aromatic N) is 4. The SMILES string of the molecule is CC(C)C[C@@H](NC(=O)[C@H](CCCCNC(=O)c1cccnc1)NC(=O)[C@@H](Cc1ccc(O)cc1)N(C)C(=O)[C@H](CO)NC(=O)[C@@H](Cc1cccnc1)NC(=O)[C@H](Cc1ccc(Cl)cc1)NC(=O)[C@@H](Cc1ccc2ccccc2c1)NC(=O)CNC(=O)[C@@H]1CCOC1)C(=O)N[C@@H](CCCCNC(C)C)C(=O)N1CCC[C@H]1C(=O)N[C@H](C)C(N)=O. The minimum absolute atomic E-state index is 0.0238. The van der Waals surface area contributed by atoms with E-state index in [9.17, 15) is 48.6 Å². The lowest BCUT2D eigenvalue weighted by Crippen LogP contribution is -2.62. The first-order valence-corrected chi connectivity index (χ1v) is 40.5. The fraction of sp³-hybridized carbons (Fsp3) is 0.471. The number of amides is 13. The number of primary amides is 1. The number of carbonyl (C=O) groups excluding carboxylic acids is 13. The number of benzene rings is 4. The molecule has 8 rings (SSSR count). The molecule has 0 bridgehead atoms. The molecule has 13 amide bonds. The molecule has 0 aliphatic carbocycles. The summed E-state index contributed by atoms with van der Waals surface area (Å²) in [6.45, 7) is 8.92. The fourth-order valence-corrected chi connectivity index (χ4v) is 14.0. The minimum Gasteiger partial charge on any atom is -0.508 e. The lowest BCUT2D eigenvalue weighted by atomic mass is 9.99. The van der Waals surface area contributed by atoms with Crippen molar-refractivity contribution >= 4 is 99.2 Å². The Morgan fingerprint density at radius 3 is 1.76 bits per heavy atom. The number of rotatable bonds is 45. The highest BCUT2D eigenvalue weighted by Gasteiger charge is 2.41. The molecule has 2 fully saturated rings. The van der Waals surface area contributed by atoms with Crippen molar-refractivity contribution in [3.8, 4) is 5.75 Å². The topological polar surface area (TPSA) is 462 Å². The molecule has 11 atom stereocenters. The van der Waals surface area contributed by atoms with Crippen LogP contribution < -0.4 is 64.2 Å². The van der Waals surface area contributed by atoms with E-state index in [-0.39, 0.29) is 102 Å². The summed E-state index contributed by atoms with van der Waals surface area (Å²) in [6.07, 6.45) is 7.68. The van der Waals surface area contributed by atoms with Crippen molar-refractivity contribution in [3.63, 3.8) is 0 Å². The normalized spacial score (nSPS) is 16.1. The molecule has 2 aliphatic heterocycles. The number of hydrogen-bond donors (Lipinski definition) is 14. The summed E-state index contributed by atoms with van der Waals surface area (Å²) >= 11 is 6.31. The Labute approximate surface area is 691 Å². The van der Waals surface area contributed by atoms with Gasteiger partial charge >= 0.3 is 0 Å². The number of hydrogen-bond acceptors (Lipinski definition) is 19. The fourth-order valence-electron chi connectivity index (χ4n) is 13.9. The predicted molar refractivity (Wildman–Crippen MR) is 440 cm³/mol. The van der Waals surface area contributed by atoms with Crippen molar-refractivity contribution in [1.82, 2.24) is 78.3 Å². The molecule has 118 heavy (non-hydrogen) atoms. The molecule has 15 N–H and O–H groups in total. The third-order valence-corrected chi connectivity index (χ3v) is 20.8. The molecule has 0 spiro atoms. The molecule has 6 aromatic rings. The van der Waals surface area contributed by atoms with Gasteiger partial charge < -0.3 is 89.0 Å². The number of aliphatic hydroxyl groups excluding tert-OH is 1. The van der Waals surface area contributed by atoms with Gasteiger partial charge in [0.25, 0.3) is 5.91 Å². The molecule has 2 aromatic heterocycles. The lowest BCUT2D eigenvalue weighted by Gasteiger charge is -2.33. The number of likely N-dealkylation sites (tertiary alicyclic amines) is 1. The van der Waals surface area contributed by atoms with Gasteiger partial charge in [0.1, 0.15) is 66.2 Å². The number of likely N-dealkylation sites (N-methyl/N-ethyl adjacent to an activating group) is 1. The van der Waals surface area contributed by atoms with E-state index in [2.05, 4.69) is 68.5 Å². The Kier molecular flexibility index (Phi) is 36.2. The Balaban J connectivity index is 1.06. The first-order valence-electron chi connectivity index (χ1n) is 40.1. The zero-order valence-electron chi connectivity index (χ0n) is 67.5. The second-order valence-corrected chi connectivity index (χ2v) is 31.1. The van der Waals surface area contributed by atoms with Gasteiger partial charge in [-0.05, 0) is 159 Å². The van der Waals surface area contributed by atoms with E-state index < -0.39 is 156 Å². The number of fused-ring (bicyclic) bond motifs is 1. The molecular formula is C85H111ClN16O16. The van der Waals surface area contributed by atoms with Gasteiger partial charge in [-0.25, -0.2) is 0 Å². The maximum Gasteiger partial charge on any atom is 0.252 e. The van der Waals surface area contributed by atoms with Gasteiger partial charge in [0.2, 0.25) is 70.9 Å². The van der Waals surface area contributed by atoms with Gasteiger partial charge in [0.15, 0.2) is 0 Å². The van der Waals surface area contributed by atoms with E-state index in [1.165, 1.54) is 67.9 Å². The maximum absolute atomic E-state index is 15.4. The first-order chi connectivity index (χ1) is 56.5. The number of aromatic hydroxyl groups is 1. The number of aromatic nitrogens is 2. The Morgan fingerprint density at radius 2 is 1.14 bits per heavy atom. The summed E-state index contributed by atoms with van der Waals surface area (Å²) < 4.78 is 5.36. The number of halogens is 1. The van der Waals surface area contributed by atoms with E-state index in [4.69, 9.17) is 22.1 Å². The average molecular weight is 1650 g/mol. The van der Waals surface area contributed by atoms with Gasteiger partial charge in [-0.2, -0.15) is 0 Å². The summed E-state index contributed by atoms with van der Waals surface area (Å²) in [6, 6.07) is 17.8. The number of pyridine rings is 2. The van der Waals surface area contributed by atoms with E-state index in [0.29, 0.717) is 71.7 Å². The smallest absolute Gasteiger partial charge is 0.252 e. The molecule has 0 radical (unpaired) electrons. The van der Waals surface area contributed by atoms with Crippen LogP contribution in [-0.4, -0.2) is 226 Å². The standard InChI is InChI=1S/C85H111ClN16O16/c1-51(2)40-66(78(110)96-65(21-10-11-36-90-52(3)4)85(117)102-38-15-22-71(102)82(114)93-53(5)74(87)106)97-77(109)64(20-9-12-37-91-75(107)60-19-14-35-89-47-60)95-83(115)72(45-55-26-31-63(104)32-27-55)101(6)84(116)70(49-103)100-81(113)69(44-57-16-13-34-88-46-57)99-80(112)68(42-54-24-29-62(86)30-25-54)98-79(111)67(43-56-23-28-58-17-7-8-18-59(58)41-56)94-73(105)48-92-76(108)61-33-39-118-50-61/h7-8,13-14,16-19,23-32,34-35,41,46-47,51-53,61,64-72,90,103-104H,9-12,15,20-22,33,36-40,42-45,48-50H2,1-6H3,(H2,87,106)(H,91,107)(H,92,108)(H,93,114)(H,94,105)(H,95,115)(H,96,110)(H,97,109)(H,98,111)(H,99,112)(H,100,113)/t53-,61-,64+,65+,66-,67-,68+,69-,70+,71+,72-/m1/s1. The molecule has 4 aromatic carbocycles. The van der Waals surface area contributed by atoms with Crippen LogP contribution in [0.5, 0.6) is 5.75 Å². The van der Waals surface area contributed by atoms with Crippen molar-refractivity contribution < 1.29 is 77.3 Å². The number of nitrogens with one attached hydrogen (secondary N) is 11. The lowest BCUT2D eigenvalue weighted by molar-refractivity contribution is -0.144. The zero-order valence-corrected chi connectivity index (χ0v) is 68.2. The van der Waals surface area contributed by atoms with E-state index in [1.54, 1.807) is 54.6 Å². The van der Waals surface area contributed by atoms with Crippen molar-refractivity contribution in [3.05, 3.63) is 173 Å². The van der Waals surface area contributed by atoms with Crippen LogP contribution in [0.4, 0.5) is 0 Å². The van der Waals surface area contributed by atoms with Crippen LogP contribution in [0.3, 0.4) is 0 Å². The van der Waals surface area contributed by atoms with Crippen LogP contribution in [0.2, 0.25) is 5.02 Å². The molecular weight excluding hydrogens is 1540 g/mol. The molecule has 2 saturated heterocycles. The van der Waals surface area contributed by atoms with Crippen LogP contribution >= 0.6 is 11.6 Å². The summed E-state index contributed by atoms with van der Waals surface area (Å²) in [4.78, 5) is 197. The second-order valence-electron chi connectivity index (χ2n) is 30.6. The molecule has 634 valence electrons. The summed E-state index contributed by atoms with van der Waals surface area (Å²) in [5.74, 6) is -10.7. The van der Waals surface area contributed by atoms with Crippen LogP contribution in [0.1, 0.15) is 131 Å². The molecule has 32 nitrogen and oxygen atoms in total. The quantitative estimate of drug-likeness (QED) is 0.0244. The highest BCUT2D eigenvalue weighted by molar-refractivity contribution is 6.30. The summed E-state index contributed by atoms with van der Waals surface area (Å²) in [5.41, 5.74) is 7.71. The number of phenolic OH excluding ortho intramolecular Hbond substituents is 1. The van der Waals surface area contributed by atoms with Crippen molar-refractivity contribution in [2.45, 2.75) is 191 Å². The van der Waals surface area contributed by atoms with E-state index >= 15 is 24.0 Å². The van der Waals surface area contributed by atoms with Gasteiger partial charge in [-0.3, -0.25) is 72.3 Å². The molecule has 4 heterocycles. The molecule has 33 heteroatoms. The highest BCUT2D eigenvalue weighted by atomic mass is 35.5.